The van der Waals surface area contributed by atoms with Crippen LogP contribution in [0.25, 0.3) is 5.69 Å². The maximum atomic E-state index is 13.9. The molecule has 4 heterocycles. The average molecular weight is 639 g/mol. The number of rotatable bonds is 6. The van der Waals surface area contributed by atoms with Crippen LogP contribution in [0.4, 0.5) is 35.3 Å². The summed E-state index contributed by atoms with van der Waals surface area (Å²) in [5.41, 5.74) is 0.415. The van der Waals surface area contributed by atoms with Gasteiger partial charge in [-0.1, -0.05) is 23.7 Å². The molecule has 45 heavy (non-hydrogen) atoms. The highest BCUT2D eigenvalue weighted by atomic mass is 35.5. The molecule has 0 radical (unpaired) electrons. The molecule has 10 nitrogen and oxygen atoms in total. The Morgan fingerprint density at radius 1 is 0.956 bits per heavy atom. The number of amides is 3. The molecule has 2 fully saturated rings. The molecule has 4 aromatic rings. The van der Waals surface area contributed by atoms with Crippen molar-refractivity contribution in [3.8, 4) is 5.69 Å². The fraction of sp³-hybridized carbons (Fsp3) is 0.323. The Bertz CT molecular complexity index is 1750. The highest BCUT2D eigenvalue weighted by Crippen LogP contribution is 2.58. The first-order valence-electron chi connectivity index (χ1n) is 14.4. The van der Waals surface area contributed by atoms with Crippen molar-refractivity contribution in [3.63, 3.8) is 0 Å². The van der Waals surface area contributed by atoms with Crippen molar-refractivity contribution < 1.29 is 22.8 Å². The predicted octanol–water partition coefficient (Wildman–Crippen LogP) is 6.13. The molecular formula is C31H30ClF3N8O2. The third-order valence-corrected chi connectivity index (χ3v) is 8.52. The summed E-state index contributed by atoms with van der Waals surface area (Å²) in [7, 11) is 0. The average Bonchev–Trinajstić information content (AvgIpc) is 3.74. The van der Waals surface area contributed by atoms with Gasteiger partial charge in [0.15, 0.2) is 0 Å². The summed E-state index contributed by atoms with van der Waals surface area (Å²) in [4.78, 5) is 38.7. The second kappa shape index (κ2) is 11.7. The first-order chi connectivity index (χ1) is 21.4. The number of anilines is 3. The molecule has 2 N–H and O–H groups in total. The maximum Gasteiger partial charge on any atom is 0.400 e. The van der Waals surface area contributed by atoms with Crippen LogP contribution in [0.15, 0.2) is 60.8 Å². The Balaban J connectivity index is 1.13. The van der Waals surface area contributed by atoms with E-state index in [4.69, 9.17) is 11.6 Å². The van der Waals surface area contributed by atoms with Crippen molar-refractivity contribution in [2.24, 2.45) is 0 Å². The van der Waals surface area contributed by atoms with Crippen LogP contribution in [0, 0.1) is 13.8 Å². The van der Waals surface area contributed by atoms with E-state index in [1.807, 2.05) is 0 Å². The lowest BCUT2D eigenvalue weighted by molar-refractivity contribution is -0.161. The number of hydrogen-bond acceptors (Lipinski definition) is 6. The molecule has 3 aromatic heterocycles. The highest BCUT2D eigenvalue weighted by Gasteiger charge is 2.66. The van der Waals surface area contributed by atoms with Crippen molar-refractivity contribution in [2.45, 2.75) is 38.3 Å². The Morgan fingerprint density at radius 2 is 1.69 bits per heavy atom. The Kier molecular flexibility index (Phi) is 7.89. The number of hydrogen-bond donors (Lipinski definition) is 2. The number of carbonyl (C=O) groups excluding carboxylic acids is 2. The summed E-state index contributed by atoms with van der Waals surface area (Å²) in [5.74, 6) is 0.655. The van der Waals surface area contributed by atoms with Gasteiger partial charge in [0.2, 0.25) is 0 Å². The number of halogens is 4. The van der Waals surface area contributed by atoms with Crippen molar-refractivity contribution in [1.82, 2.24) is 24.6 Å². The van der Waals surface area contributed by atoms with E-state index < -0.39 is 17.6 Å². The van der Waals surface area contributed by atoms with Crippen molar-refractivity contribution >= 4 is 40.9 Å². The minimum Gasteiger partial charge on any atom is -0.353 e. The topological polar surface area (TPSA) is 108 Å². The predicted molar refractivity (Wildman–Crippen MR) is 164 cm³/mol. The number of urea groups is 1. The van der Waals surface area contributed by atoms with Gasteiger partial charge in [-0.2, -0.15) is 18.3 Å². The molecule has 1 aliphatic heterocycles. The van der Waals surface area contributed by atoms with Gasteiger partial charge in [-0.25, -0.2) is 14.5 Å². The fourth-order valence-electron chi connectivity index (χ4n) is 5.37. The monoisotopic (exact) mass is 638 g/mol. The fourth-order valence-corrected chi connectivity index (χ4v) is 5.58. The van der Waals surface area contributed by atoms with Crippen LogP contribution in [0.5, 0.6) is 0 Å². The smallest absolute Gasteiger partial charge is 0.353 e. The van der Waals surface area contributed by atoms with Gasteiger partial charge in [0.05, 0.1) is 39.5 Å². The van der Waals surface area contributed by atoms with Crippen LogP contribution in [0.3, 0.4) is 0 Å². The standard InChI is InChI=1S/C31H30ClF3N8O2/c1-19-7-8-21(18-36-19)43-27(17-25(40-43)30(11-12-30)31(33,34)35)39-29(45)38-24-9-10-26(37-20(24)2)41-13-15-42(16-14-41)28(44)22-5-3-4-6-23(22)32/h3-10,17-18H,11-16H2,1-2H3,(H2,38,39,45). The molecule has 1 saturated heterocycles. The minimum atomic E-state index is -4.46. The lowest BCUT2D eigenvalue weighted by atomic mass is 10.0. The zero-order valence-corrected chi connectivity index (χ0v) is 25.3. The lowest BCUT2D eigenvalue weighted by Crippen LogP contribution is -2.49. The lowest BCUT2D eigenvalue weighted by Gasteiger charge is -2.35. The minimum absolute atomic E-state index is 0.0603. The van der Waals surface area contributed by atoms with Crippen LogP contribution in [0.1, 0.15) is 40.3 Å². The molecule has 0 unspecified atom stereocenters. The molecule has 0 atom stereocenters. The highest BCUT2D eigenvalue weighted by molar-refractivity contribution is 6.33. The SMILES string of the molecule is Cc1ccc(-n2nc(C3(C(F)(F)F)CC3)cc2NC(=O)Nc2ccc(N3CCN(C(=O)c4ccccc4Cl)CC3)nc2C)cn1. The molecule has 6 rings (SSSR count). The Labute approximate surface area is 262 Å². The number of alkyl halides is 3. The van der Waals surface area contributed by atoms with E-state index in [-0.39, 0.29) is 30.3 Å². The first-order valence-corrected chi connectivity index (χ1v) is 14.8. The molecule has 0 spiro atoms. The van der Waals surface area contributed by atoms with E-state index in [1.165, 1.54) is 16.9 Å². The third kappa shape index (κ3) is 6.04. The molecule has 1 saturated carbocycles. The molecule has 1 aromatic carbocycles. The molecule has 3 amide bonds. The van der Waals surface area contributed by atoms with Gasteiger partial charge in [0.1, 0.15) is 17.1 Å². The summed E-state index contributed by atoms with van der Waals surface area (Å²) in [6.45, 7) is 5.66. The number of nitrogens with zero attached hydrogens (tertiary/aromatic N) is 6. The van der Waals surface area contributed by atoms with Crippen molar-refractivity contribution in [3.05, 3.63) is 88.5 Å². The molecule has 0 bridgehead atoms. The summed E-state index contributed by atoms with van der Waals surface area (Å²) in [5, 5.41) is 10.1. The number of aryl methyl sites for hydroxylation is 2. The third-order valence-electron chi connectivity index (χ3n) is 8.19. The van der Waals surface area contributed by atoms with E-state index in [2.05, 4.69) is 30.6 Å². The normalized spacial score (nSPS) is 16.0. The number of carbonyl (C=O) groups is 2. The van der Waals surface area contributed by atoms with Gasteiger partial charge in [0, 0.05) is 37.9 Å². The van der Waals surface area contributed by atoms with Crippen molar-refractivity contribution in [2.75, 3.05) is 41.7 Å². The summed E-state index contributed by atoms with van der Waals surface area (Å²) in [6.07, 6.45) is -3.09. The molecule has 1 aliphatic carbocycles. The van der Waals surface area contributed by atoms with Gasteiger partial charge < -0.3 is 15.1 Å². The second-order valence-electron chi connectivity index (χ2n) is 11.2. The summed E-state index contributed by atoms with van der Waals surface area (Å²) in [6, 6.07) is 14.4. The summed E-state index contributed by atoms with van der Waals surface area (Å²) < 4.78 is 42.9. The zero-order valence-electron chi connectivity index (χ0n) is 24.5. The van der Waals surface area contributed by atoms with Gasteiger partial charge in [-0.15, -0.1) is 0 Å². The van der Waals surface area contributed by atoms with E-state index in [0.717, 1.165) is 5.69 Å². The summed E-state index contributed by atoms with van der Waals surface area (Å²) >= 11 is 6.21. The van der Waals surface area contributed by atoms with E-state index >= 15 is 0 Å². The number of piperazine rings is 1. The van der Waals surface area contributed by atoms with Crippen LogP contribution >= 0.6 is 11.6 Å². The maximum absolute atomic E-state index is 13.9. The van der Waals surface area contributed by atoms with Crippen LogP contribution in [-0.2, 0) is 5.41 Å². The number of nitrogens with one attached hydrogen (secondary N) is 2. The van der Waals surface area contributed by atoms with Gasteiger partial charge >= 0.3 is 12.2 Å². The van der Waals surface area contributed by atoms with E-state index in [9.17, 15) is 22.8 Å². The van der Waals surface area contributed by atoms with Crippen LogP contribution < -0.4 is 15.5 Å². The number of pyridine rings is 2. The van der Waals surface area contributed by atoms with E-state index in [0.29, 0.717) is 59.7 Å². The van der Waals surface area contributed by atoms with Crippen LogP contribution in [0.2, 0.25) is 5.02 Å². The molecule has 2 aliphatic rings. The number of benzene rings is 1. The molecule has 234 valence electrons. The second-order valence-corrected chi connectivity index (χ2v) is 11.6. The van der Waals surface area contributed by atoms with Gasteiger partial charge in [-0.3, -0.25) is 15.1 Å². The molecular weight excluding hydrogens is 609 g/mol. The van der Waals surface area contributed by atoms with Gasteiger partial charge in [-0.05, 0) is 63.1 Å². The van der Waals surface area contributed by atoms with E-state index in [1.54, 1.807) is 67.3 Å². The zero-order chi connectivity index (χ0) is 31.9. The van der Waals surface area contributed by atoms with Gasteiger partial charge in [0.25, 0.3) is 5.91 Å². The first kappa shape index (κ1) is 30.4. The number of aromatic nitrogens is 4. The quantitative estimate of drug-likeness (QED) is 0.263. The Hall–Kier alpha value is -4.65. The Morgan fingerprint density at radius 3 is 2.31 bits per heavy atom. The van der Waals surface area contributed by atoms with Crippen molar-refractivity contribution in [1.29, 1.82) is 0 Å². The van der Waals surface area contributed by atoms with Crippen LogP contribution in [-0.4, -0.2) is 68.9 Å². The molecule has 14 heteroatoms. The largest absolute Gasteiger partial charge is 0.400 e.